The van der Waals surface area contributed by atoms with E-state index >= 15 is 0 Å². The Morgan fingerprint density at radius 2 is 1.95 bits per heavy atom. The van der Waals surface area contributed by atoms with Crippen LogP contribution >= 0.6 is 0 Å². The molecule has 0 atom stereocenters. The van der Waals surface area contributed by atoms with Gasteiger partial charge in [-0.3, -0.25) is 4.98 Å². The zero-order chi connectivity index (χ0) is 14.8. The van der Waals surface area contributed by atoms with Crippen molar-refractivity contribution in [1.82, 2.24) is 14.8 Å². The van der Waals surface area contributed by atoms with E-state index in [-0.39, 0.29) is 5.56 Å². The largest absolute Gasteiger partial charge is 0.478 e. The predicted octanol–water partition coefficient (Wildman–Crippen LogP) is 1.43. The highest BCUT2D eigenvalue weighted by Gasteiger charge is 2.17. The van der Waals surface area contributed by atoms with Gasteiger partial charge in [0.1, 0.15) is 19.1 Å². The molecule has 2 aromatic heterocycles. The molecule has 0 amide bonds. The molecule has 1 N–H and O–H groups in total. The Hall–Kier alpha value is -2.89. The first-order valence-electron chi connectivity index (χ1n) is 6.24. The summed E-state index contributed by atoms with van der Waals surface area (Å²) < 4.78 is 1.52. The van der Waals surface area contributed by atoms with E-state index in [0.29, 0.717) is 16.7 Å². The standard InChI is InChI=1S/C15H10BN3O2/c16-11-3-1-2-10(8-11)14-13(15(20)21)9-19(18-14)12-4-6-17-7-5-12/h1-9H,(H,20,21). The normalized spacial score (nSPS) is 10.5. The fourth-order valence-corrected chi connectivity index (χ4v) is 2.06. The summed E-state index contributed by atoms with van der Waals surface area (Å²) in [6.45, 7) is 0. The number of carboxylic acid groups (broad SMARTS) is 1. The Labute approximate surface area is 122 Å². The first kappa shape index (κ1) is 13.1. The van der Waals surface area contributed by atoms with Gasteiger partial charge in [0.25, 0.3) is 0 Å². The maximum atomic E-state index is 11.4. The summed E-state index contributed by atoms with van der Waals surface area (Å²) in [6.07, 6.45) is 4.73. The minimum atomic E-state index is -1.03. The minimum absolute atomic E-state index is 0.123. The van der Waals surface area contributed by atoms with Gasteiger partial charge < -0.3 is 5.11 Å². The topological polar surface area (TPSA) is 68.0 Å². The molecule has 3 aromatic rings. The van der Waals surface area contributed by atoms with Crippen LogP contribution in [0.3, 0.4) is 0 Å². The molecule has 0 aliphatic heterocycles. The molecule has 100 valence electrons. The monoisotopic (exact) mass is 275 g/mol. The van der Waals surface area contributed by atoms with E-state index in [2.05, 4.69) is 10.1 Å². The summed E-state index contributed by atoms with van der Waals surface area (Å²) >= 11 is 0. The van der Waals surface area contributed by atoms with Crippen molar-refractivity contribution in [3.05, 3.63) is 60.6 Å². The van der Waals surface area contributed by atoms with Gasteiger partial charge in [0, 0.05) is 24.2 Å². The maximum absolute atomic E-state index is 11.4. The fourth-order valence-electron chi connectivity index (χ4n) is 2.06. The van der Waals surface area contributed by atoms with Crippen molar-refractivity contribution in [3.63, 3.8) is 0 Å². The lowest BCUT2D eigenvalue weighted by atomic mass is 9.93. The Balaban J connectivity index is 2.16. The van der Waals surface area contributed by atoms with Crippen molar-refractivity contribution in [2.75, 3.05) is 0 Å². The molecule has 2 radical (unpaired) electrons. The first-order chi connectivity index (χ1) is 10.1. The van der Waals surface area contributed by atoms with Gasteiger partial charge in [-0.05, 0) is 12.1 Å². The second-order valence-electron chi connectivity index (χ2n) is 4.47. The molecule has 0 unspecified atom stereocenters. The van der Waals surface area contributed by atoms with Gasteiger partial charge in [-0.15, -0.1) is 0 Å². The molecule has 6 heteroatoms. The zero-order valence-electron chi connectivity index (χ0n) is 11.0. The third kappa shape index (κ3) is 2.56. The molecule has 0 bridgehead atoms. The van der Waals surface area contributed by atoms with Crippen LogP contribution in [0, 0.1) is 0 Å². The van der Waals surface area contributed by atoms with Crippen molar-refractivity contribution in [1.29, 1.82) is 0 Å². The summed E-state index contributed by atoms with van der Waals surface area (Å²) in [5.74, 6) is -1.03. The van der Waals surface area contributed by atoms with Gasteiger partial charge in [0.05, 0.1) is 5.69 Å². The molecule has 0 saturated carbocycles. The number of aromatic nitrogens is 3. The lowest BCUT2D eigenvalue weighted by Crippen LogP contribution is -2.02. The van der Waals surface area contributed by atoms with E-state index in [1.165, 1.54) is 10.9 Å². The predicted molar refractivity (Wildman–Crippen MR) is 79.1 cm³/mol. The van der Waals surface area contributed by atoms with Crippen LogP contribution < -0.4 is 5.46 Å². The molecule has 0 aliphatic carbocycles. The quantitative estimate of drug-likeness (QED) is 0.734. The summed E-state index contributed by atoms with van der Waals surface area (Å²) in [5.41, 5.74) is 2.47. The van der Waals surface area contributed by atoms with E-state index in [9.17, 15) is 9.90 Å². The van der Waals surface area contributed by atoms with E-state index in [1.54, 1.807) is 48.8 Å². The molecule has 0 saturated heterocycles. The molecular weight excluding hydrogens is 265 g/mol. The van der Waals surface area contributed by atoms with Crippen molar-refractivity contribution in [2.24, 2.45) is 0 Å². The zero-order valence-corrected chi connectivity index (χ0v) is 11.0. The molecular formula is C15H10BN3O2. The maximum Gasteiger partial charge on any atom is 0.339 e. The second-order valence-corrected chi connectivity index (χ2v) is 4.47. The summed E-state index contributed by atoms with van der Waals surface area (Å²) in [6, 6.07) is 10.5. The fraction of sp³-hybridized carbons (Fsp3) is 0. The number of rotatable bonds is 3. The Morgan fingerprint density at radius 3 is 2.62 bits per heavy atom. The Kier molecular flexibility index (Phi) is 3.27. The van der Waals surface area contributed by atoms with Crippen LogP contribution in [0.5, 0.6) is 0 Å². The molecule has 1 aromatic carbocycles. The highest BCUT2D eigenvalue weighted by molar-refractivity contribution is 6.32. The number of carboxylic acids is 1. The number of carbonyl (C=O) groups is 1. The van der Waals surface area contributed by atoms with Crippen molar-refractivity contribution in [3.8, 4) is 16.9 Å². The van der Waals surface area contributed by atoms with E-state index in [0.717, 1.165) is 5.69 Å². The van der Waals surface area contributed by atoms with Gasteiger partial charge in [-0.2, -0.15) is 5.10 Å². The van der Waals surface area contributed by atoms with Gasteiger partial charge in [0.2, 0.25) is 0 Å². The third-order valence-electron chi connectivity index (χ3n) is 3.03. The number of aromatic carboxylic acids is 1. The van der Waals surface area contributed by atoms with Crippen molar-refractivity contribution < 1.29 is 9.90 Å². The van der Waals surface area contributed by atoms with Crippen LogP contribution in [0.25, 0.3) is 16.9 Å². The highest BCUT2D eigenvalue weighted by Crippen LogP contribution is 2.22. The molecule has 3 rings (SSSR count). The van der Waals surface area contributed by atoms with Crippen LogP contribution in [0.1, 0.15) is 10.4 Å². The average molecular weight is 275 g/mol. The molecule has 2 heterocycles. The summed E-state index contributed by atoms with van der Waals surface area (Å²) in [5, 5.41) is 13.7. The van der Waals surface area contributed by atoms with E-state index in [4.69, 9.17) is 7.85 Å². The van der Waals surface area contributed by atoms with Crippen LogP contribution in [0.2, 0.25) is 0 Å². The molecule has 0 aliphatic rings. The summed E-state index contributed by atoms with van der Waals surface area (Å²) in [7, 11) is 5.75. The first-order valence-corrected chi connectivity index (χ1v) is 6.24. The SMILES string of the molecule is [B]c1cccc(-c2nn(-c3ccncc3)cc2C(=O)O)c1. The van der Waals surface area contributed by atoms with Crippen LogP contribution in [-0.2, 0) is 0 Å². The van der Waals surface area contributed by atoms with Gasteiger partial charge in [-0.1, -0.05) is 29.7 Å². The highest BCUT2D eigenvalue weighted by atomic mass is 16.4. The summed E-state index contributed by atoms with van der Waals surface area (Å²) in [4.78, 5) is 15.4. The molecule has 21 heavy (non-hydrogen) atoms. The third-order valence-corrected chi connectivity index (χ3v) is 3.03. The molecule has 5 nitrogen and oxygen atoms in total. The second kappa shape index (κ2) is 5.24. The van der Waals surface area contributed by atoms with Crippen LogP contribution in [0.15, 0.2) is 55.0 Å². The lowest BCUT2D eigenvalue weighted by molar-refractivity contribution is 0.0697. The van der Waals surface area contributed by atoms with Crippen LogP contribution in [-0.4, -0.2) is 33.7 Å². The minimum Gasteiger partial charge on any atom is -0.478 e. The smallest absolute Gasteiger partial charge is 0.339 e. The number of pyridine rings is 1. The van der Waals surface area contributed by atoms with Crippen molar-refractivity contribution in [2.45, 2.75) is 0 Å². The van der Waals surface area contributed by atoms with Gasteiger partial charge in [0.15, 0.2) is 0 Å². The average Bonchev–Trinajstić information content (AvgIpc) is 2.93. The Bertz CT molecular complexity index is 800. The lowest BCUT2D eigenvalue weighted by Gasteiger charge is -2.01. The van der Waals surface area contributed by atoms with Crippen LogP contribution in [0.4, 0.5) is 0 Å². The molecule has 0 fully saturated rings. The number of benzene rings is 1. The van der Waals surface area contributed by atoms with Crippen molar-refractivity contribution >= 4 is 19.3 Å². The number of hydrogen-bond donors (Lipinski definition) is 1. The number of hydrogen-bond acceptors (Lipinski definition) is 3. The van der Waals surface area contributed by atoms with Gasteiger partial charge in [-0.25, -0.2) is 9.48 Å². The number of nitrogens with zero attached hydrogens (tertiary/aromatic N) is 3. The molecule has 0 spiro atoms. The van der Waals surface area contributed by atoms with Gasteiger partial charge >= 0.3 is 5.97 Å². The Morgan fingerprint density at radius 1 is 1.19 bits per heavy atom. The van der Waals surface area contributed by atoms with E-state index in [1.807, 2.05) is 0 Å². The van der Waals surface area contributed by atoms with E-state index < -0.39 is 5.97 Å².